The molecule has 1 aliphatic heterocycles. The fourth-order valence-corrected chi connectivity index (χ4v) is 2.46. The average Bonchev–Trinajstić information content (AvgIpc) is 2.99. The number of hydrogen-bond donors (Lipinski definition) is 2. The van der Waals surface area contributed by atoms with E-state index in [4.69, 9.17) is 0 Å². The molecular weight excluding hydrogens is 188 g/mol. The molecule has 2 aliphatic rings. The third kappa shape index (κ3) is 3.74. The summed E-state index contributed by atoms with van der Waals surface area (Å²) in [5, 5.41) is 13.1. The van der Waals surface area contributed by atoms with Gasteiger partial charge in [-0.2, -0.15) is 0 Å². The van der Waals surface area contributed by atoms with Crippen molar-refractivity contribution < 1.29 is 5.11 Å². The Morgan fingerprint density at radius 2 is 2.13 bits per heavy atom. The van der Waals surface area contributed by atoms with Crippen LogP contribution in [-0.2, 0) is 0 Å². The third-order valence-electron chi connectivity index (χ3n) is 3.47. The van der Waals surface area contributed by atoms with Crippen LogP contribution >= 0.6 is 0 Å². The molecule has 2 rings (SSSR count). The zero-order valence-corrected chi connectivity index (χ0v) is 9.78. The van der Waals surface area contributed by atoms with Crippen LogP contribution in [0.2, 0.25) is 0 Å². The van der Waals surface area contributed by atoms with Gasteiger partial charge in [-0.3, -0.25) is 4.90 Å². The first kappa shape index (κ1) is 11.4. The number of hydrogen-bond acceptors (Lipinski definition) is 3. The molecule has 88 valence electrons. The Morgan fingerprint density at radius 1 is 1.33 bits per heavy atom. The van der Waals surface area contributed by atoms with E-state index in [0.717, 1.165) is 19.1 Å². The molecule has 1 saturated carbocycles. The van der Waals surface area contributed by atoms with E-state index in [1.807, 2.05) is 6.92 Å². The van der Waals surface area contributed by atoms with Gasteiger partial charge >= 0.3 is 0 Å². The van der Waals surface area contributed by atoms with Crippen molar-refractivity contribution in [3.63, 3.8) is 0 Å². The number of aliphatic hydroxyl groups excluding tert-OH is 1. The fraction of sp³-hybridized carbons (Fsp3) is 1.00. The molecular formula is C12H24N2O. The van der Waals surface area contributed by atoms with Gasteiger partial charge in [-0.25, -0.2) is 0 Å². The molecule has 0 amide bonds. The minimum absolute atomic E-state index is 0.188. The first-order valence-corrected chi connectivity index (χ1v) is 6.41. The predicted octanol–water partition coefficient (Wildman–Crippen LogP) is 0.974. The van der Waals surface area contributed by atoms with Crippen molar-refractivity contribution >= 4 is 0 Å². The lowest BCUT2D eigenvalue weighted by Crippen LogP contribution is -2.48. The van der Waals surface area contributed by atoms with Gasteiger partial charge in [0, 0.05) is 25.2 Å². The summed E-state index contributed by atoms with van der Waals surface area (Å²) in [4.78, 5) is 2.46. The maximum Gasteiger partial charge on any atom is 0.0639 e. The molecule has 0 bridgehead atoms. The second-order valence-electron chi connectivity index (χ2n) is 5.18. The summed E-state index contributed by atoms with van der Waals surface area (Å²) < 4.78 is 0. The Balaban J connectivity index is 1.75. The number of rotatable bonds is 5. The molecule has 2 atom stereocenters. The lowest BCUT2D eigenvalue weighted by molar-refractivity contribution is 0.0760. The van der Waals surface area contributed by atoms with Crippen molar-refractivity contribution in [2.75, 3.05) is 19.6 Å². The van der Waals surface area contributed by atoms with Crippen LogP contribution in [0.5, 0.6) is 0 Å². The van der Waals surface area contributed by atoms with Gasteiger partial charge in [-0.1, -0.05) is 6.42 Å². The highest BCUT2D eigenvalue weighted by molar-refractivity contribution is 4.86. The van der Waals surface area contributed by atoms with Gasteiger partial charge in [-0.15, -0.1) is 0 Å². The van der Waals surface area contributed by atoms with Crippen molar-refractivity contribution in [3.8, 4) is 0 Å². The molecule has 0 radical (unpaired) electrons. The van der Waals surface area contributed by atoms with E-state index in [1.54, 1.807) is 0 Å². The molecule has 2 N–H and O–H groups in total. The zero-order valence-electron chi connectivity index (χ0n) is 9.78. The lowest BCUT2D eigenvalue weighted by atomic mass is 10.0. The van der Waals surface area contributed by atoms with E-state index < -0.39 is 0 Å². The van der Waals surface area contributed by atoms with Gasteiger partial charge < -0.3 is 10.4 Å². The van der Waals surface area contributed by atoms with Gasteiger partial charge in [0.2, 0.25) is 0 Å². The summed E-state index contributed by atoms with van der Waals surface area (Å²) in [5.74, 6) is 0. The van der Waals surface area contributed by atoms with Crippen LogP contribution in [0.3, 0.4) is 0 Å². The highest BCUT2D eigenvalue weighted by atomic mass is 16.3. The van der Waals surface area contributed by atoms with Gasteiger partial charge in [0.05, 0.1) is 6.10 Å². The second kappa shape index (κ2) is 5.28. The third-order valence-corrected chi connectivity index (χ3v) is 3.47. The summed E-state index contributed by atoms with van der Waals surface area (Å²) in [6, 6.07) is 1.47. The van der Waals surface area contributed by atoms with E-state index in [1.165, 1.54) is 38.6 Å². The highest BCUT2D eigenvalue weighted by Gasteiger charge is 2.26. The summed E-state index contributed by atoms with van der Waals surface area (Å²) >= 11 is 0. The zero-order chi connectivity index (χ0) is 10.7. The Bertz CT molecular complexity index is 192. The van der Waals surface area contributed by atoms with Crippen LogP contribution in [0.1, 0.15) is 39.0 Å². The quantitative estimate of drug-likeness (QED) is 0.713. The molecule has 15 heavy (non-hydrogen) atoms. The van der Waals surface area contributed by atoms with Crippen LogP contribution in [0, 0.1) is 0 Å². The van der Waals surface area contributed by atoms with Gasteiger partial charge in [0.25, 0.3) is 0 Å². The molecule has 0 spiro atoms. The van der Waals surface area contributed by atoms with Crippen molar-refractivity contribution in [1.29, 1.82) is 0 Å². The van der Waals surface area contributed by atoms with E-state index >= 15 is 0 Å². The fourth-order valence-electron chi connectivity index (χ4n) is 2.46. The number of β-amino-alcohol motifs (C(OH)–C–C–N with tert-alkyl or cyclic N) is 1. The summed E-state index contributed by atoms with van der Waals surface area (Å²) in [5.41, 5.74) is 0. The Hall–Kier alpha value is -0.120. The minimum Gasteiger partial charge on any atom is -0.392 e. The van der Waals surface area contributed by atoms with Crippen LogP contribution in [0.25, 0.3) is 0 Å². The predicted molar refractivity (Wildman–Crippen MR) is 61.9 cm³/mol. The Morgan fingerprint density at radius 3 is 2.80 bits per heavy atom. The molecule has 0 aromatic heterocycles. The summed E-state index contributed by atoms with van der Waals surface area (Å²) in [6.45, 7) is 5.02. The second-order valence-corrected chi connectivity index (χ2v) is 5.18. The van der Waals surface area contributed by atoms with Crippen LogP contribution in [-0.4, -0.2) is 47.8 Å². The summed E-state index contributed by atoms with van der Waals surface area (Å²) in [7, 11) is 0. The molecule has 0 aromatic carbocycles. The molecule has 1 saturated heterocycles. The number of aliphatic hydroxyl groups is 1. The SMILES string of the molecule is CC(O)CN1CCCCC1CNC1CC1. The molecule has 3 nitrogen and oxygen atoms in total. The number of nitrogens with one attached hydrogen (secondary N) is 1. The smallest absolute Gasteiger partial charge is 0.0639 e. The van der Waals surface area contributed by atoms with E-state index in [2.05, 4.69) is 10.2 Å². The van der Waals surface area contributed by atoms with Crippen molar-refractivity contribution in [3.05, 3.63) is 0 Å². The lowest BCUT2D eigenvalue weighted by Gasteiger charge is -2.36. The molecule has 2 unspecified atom stereocenters. The monoisotopic (exact) mass is 212 g/mol. The first-order chi connectivity index (χ1) is 7.25. The topological polar surface area (TPSA) is 35.5 Å². The van der Waals surface area contributed by atoms with Crippen LogP contribution < -0.4 is 5.32 Å². The van der Waals surface area contributed by atoms with Gasteiger partial charge in [0.1, 0.15) is 0 Å². The van der Waals surface area contributed by atoms with Crippen LogP contribution in [0.4, 0.5) is 0 Å². The Labute approximate surface area is 92.8 Å². The van der Waals surface area contributed by atoms with Gasteiger partial charge in [0.15, 0.2) is 0 Å². The standard InChI is InChI=1S/C12H24N2O/c1-10(15)9-14-7-3-2-4-12(14)8-13-11-5-6-11/h10-13,15H,2-9H2,1H3. The van der Waals surface area contributed by atoms with Crippen LogP contribution in [0.15, 0.2) is 0 Å². The van der Waals surface area contributed by atoms with E-state index in [-0.39, 0.29) is 6.10 Å². The number of likely N-dealkylation sites (tertiary alicyclic amines) is 1. The maximum atomic E-state index is 9.45. The molecule has 1 heterocycles. The van der Waals surface area contributed by atoms with Crippen molar-refractivity contribution in [1.82, 2.24) is 10.2 Å². The number of nitrogens with zero attached hydrogens (tertiary/aromatic N) is 1. The minimum atomic E-state index is -0.188. The molecule has 2 fully saturated rings. The van der Waals surface area contributed by atoms with E-state index in [0.29, 0.717) is 6.04 Å². The average molecular weight is 212 g/mol. The highest BCUT2D eigenvalue weighted by Crippen LogP contribution is 2.21. The molecule has 3 heteroatoms. The largest absolute Gasteiger partial charge is 0.392 e. The molecule has 1 aliphatic carbocycles. The summed E-state index contributed by atoms with van der Waals surface area (Å²) in [6.07, 6.45) is 6.49. The Kier molecular flexibility index (Phi) is 4.00. The van der Waals surface area contributed by atoms with E-state index in [9.17, 15) is 5.11 Å². The maximum absolute atomic E-state index is 9.45. The normalized spacial score (nSPS) is 30.4. The van der Waals surface area contributed by atoms with Crippen molar-refractivity contribution in [2.24, 2.45) is 0 Å². The first-order valence-electron chi connectivity index (χ1n) is 6.41. The van der Waals surface area contributed by atoms with Crippen molar-refractivity contribution in [2.45, 2.75) is 57.2 Å². The van der Waals surface area contributed by atoms with Gasteiger partial charge in [-0.05, 0) is 39.2 Å². The molecule has 0 aromatic rings. The number of piperidine rings is 1.